The van der Waals surface area contributed by atoms with Crippen molar-refractivity contribution in [1.29, 1.82) is 0 Å². The van der Waals surface area contributed by atoms with Crippen molar-refractivity contribution in [2.75, 3.05) is 18.2 Å². The molecule has 10 nitrogen and oxygen atoms in total. The van der Waals surface area contributed by atoms with Crippen molar-refractivity contribution in [3.05, 3.63) is 67.8 Å². The number of anilines is 2. The van der Waals surface area contributed by atoms with Crippen LogP contribution in [0.2, 0.25) is 0 Å². The van der Waals surface area contributed by atoms with Crippen LogP contribution in [0.25, 0.3) is 0 Å². The lowest BCUT2D eigenvalue weighted by Crippen LogP contribution is -2.11. The lowest BCUT2D eigenvalue weighted by molar-refractivity contribution is -0.385. The van der Waals surface area contributed by atoms with E-state index in [1.807, 2.05) is 0 Å². The van der Waals surface area contributed by atoms with Crippen LogP contribution in [0.3, 0.4) is 0 Å². The molecular formula is C16H18N4O6. The number of nitrogen functional groups attached to an aromatic ring is 1. The summed E-state index contributed by atoms with van der Waals surface area (Å²) in [5, 5.41) is 23.2. The second-order valence-corrected chi connectivity index (χ2v) is 5.18. The molecule has 0 unspecified atom stereocenters. The highest BCUT2D eigenvalue weighted by Crippen LogP contribution is 2.21. The number of carbonyl (C=O) groups excluding carboxylic acids is 1. The molecule has 0 heterocycles. The van der Waals surface area contributed by atoms with E-state index in [1.165, 1.54) is 37.4 Å². The van der Waals surface area contributed by atoms with E-state index in [4.69, 9.17) is 5.73 Å². The van der Waals surface area contributed by atoms with Crippen LogP contribution in [0.1, 0.15) is 11.1 Å². The molecule has 0 aliphatic rings. The summed E-state index contributed by atoms with van der Waals surface area (Å²) in [6.45, 7) is 3.26. The topological polar surface area (TPSA) is 151 Å². The number of ether oxygens (including phenoxy) is 1. The first-order valence-electron chi connectivity index (χ1n) is 7.26. The highest BCUT2D eigenvalue weighted by atomic mass is 16.6. The molecule has 0 fully saturated rings. The zero-order valence-electron chi connectivity index (χ0n) is 14.4. The van der Waals surface area contributed by atoms with Gasteiger partial charge in [-0.15, -0.1) is 0 Å². The van der Waals surface area contributed by atoms with Crippen molar-refractivity contribution in [3.8, 4) is 0 Å². The fourth-order valence-electron chi connectivity index (χ4n) is 1.99. The van der Waals surface area contributed by atoms with Crippen LogP contribution < -0.4 is 11.1 Å². The number of nitro groups is 2. The molecule has 26 heavy (non-hydrogen) atoms. The summed E-state index contributed by atoms with van der Waals surface area (Å²) in [5.74, 6) is 0. The first kappa shape index (κ1) is 20.4. The third-order valence-electron chi connectivity index (χ3n) is 3.24. The maximum absolute atomic E-state index is 10.8. The van der Waals surface area contributed by atoms with Crippen LogP contribution in [-0.2, 0) is 4.74 Å². The average Bonchev–Trinajstić information content (AvgIpc) is 2.54. The molecule has 138 valence electrons. The molecule has 0 aromatic heterocycles. The van der Waals surface area contributed by atoms with Crippen LogP contribution in [-0.4, -0.2) is 23.0 Å². The maximum atomic E-state index is 10.8. The summed E-state index contributed by atoms with van der Waals surface area (Å²) >= 11 is 0. The third kappa shape index (κ3) is 5.74. The van der Waals surface area contributed by atoms with Gasteiger partial charge in [0.15, 0.2) is 0 Å². The Labute approximate surface area is 148 Å². The molecular weight excluding hydrogens is 344 g/mol. The van der Waals surface area contributed by atoms with Crippen molar-refractivity contribution in [1.82, 2.24) is 0 Å². The molecule has 2 aromatic carbocycles. The van der Waals surface area contributed by atoms with Crippen molar-refractivity contribution >= 4 is 28.8 Å². The SMILES string of the molecule is COC(=O)Nc1ccc([N+](=O)[O-])c(C)c1.Cc1cc(N)ccc1[N+](=O)[O-]. The van der Waals surface area contributed by atoms with Gasteiger partial charge in [-0.05, 0) is 38.1 Å². The number of nitrogens with zero attached hydrogens (tertiary/aromatic N) is 2. The van der Waals surface area contributed by atoms with Crippen molar-refractivity contribution < 1.29 is 19.4 Å². The third-order valence-corrected chi connectivity index (χ3v) is 3.24. The lowest BCUT2D eigenvalue weighted by atomic mass is 10.2. The van der Waals surface area contributed by atoms with Gasteiger partial charge in [-0.1, -0.05) is 0 Å². The first-order chi connectivity index (χ1) is 12.1. The van der Waals surface area contributed by atoms with Gasteiger partial charge in [-0.3, -0.25) is 25.5 Å². The van der Waals surface area contributed by atoms with Gasteiger partial charge in [-0.2, -0.15) is 0 Å². The van der Waals surface area contributed by atoms with Gasteiger partial charge in [0.25, 0.3) is 11.4 Å². The number of methoxy groups -OCH3 is 1. The molecule has 0 atom stereocenters. The predicted molar refractivity (Wildman–Crippen MR) is 96.1 cm³/mol. The number of carbonyl (C=O) groups is 1. The molecule has 3 N–H and O–H groups in total. The summed E-state index contributed by atoms with van der Waals surface area (Å²) in [4.78, 5) is 30.8. The van der Waals surface area contributed by atoms with Gasteiger partial charge in [-0.25, -0.2) is 4.79 Å². The number of nitro benzene ring substituents is 2. The fourth-order valence-corrected chi connectivity index (χ4v) is 1.99. The Balaban J connectivity index is 0.000000273. The first-order valence-corrected chi connectivity index (χ1v) is 7.26. The van der Waals surface area contributed by atoms with Gasteiger partial charge in [0.1, 0.15) is 0 Å². The second-order valence-electron chi connectivity index (χ2n) is 5.18. The van der Waals surface area contributed by atoms with E-state index in [2.05, 4.69) is 10.1 Å². The number of rotatable bonds is 3. The van der Waals surface area contributed by atoms with Crippen LogP contribution in [0.15, 0.2) is 36.4 Å². The van der Waals surface area contributed by atoms with Gasteiger partial charge >= 0.3 is 6.09 Å². The molecule has 0 saturated heterocycles. The average molecular weight is 362 g/mol. The molecule has 2 aromatic rings. The zero-order valence-corrected chi connectivity index (χ0v) is 14.4. The standard InChI is InChI=1S/C9H10N2O4.C7H8N2O2/c1-6-5-7(10-9(12)15-2)3-4-8(6)11(13)14;1-5-4-6(8)2-3-7(5)9(10)11/h3-5H,1-2H3,(H,10,12);2-4H,8H2,1H3. The Kier molecular flexibility index (Phi) is 7.02. The monoisotopic (exact) mass is 362 g/mol. The van der Waals surface area contributed by atoms with Crippen LogP contribution in [0.4, 0.5) is 27.5 Å². The number of benzene rings is 2. The molecule has 1 amide bonds. The van der Waals surface area contributed by atoms with E-state index in [0.29, 0.717) is 22.5 Å². The summed E-state index contributed by atoms with van der Waals surface area (Å²) in [7, 11) is 1.24. The summed E-state index contributed by atoms with van der Waals surface area (Å²) in [5.41, 5.74) is 7.62. The molecule has 0 aliphatic carbocycles. The Morgan fingerprint density at radius 2 is 1.50 bits per heavy atom. The molecule has 0 saturated carbocycles. The molecule has 10 heteroatoms. The second kappa shape index (κ2) is 8.97. The van der Waals surface area contributed by atoms with Gasteiger partial charge in [0.05, 0.1) is 17.0 Å². The van der Waals surface area contributed by atoms with Gasteiger partial charge in [0, 0.05) is 34.6 Å². The number of hydrogen-bond donors (Lipinski definition) is 2. The van der Waals surface area contributed by atoms with Gasteiger partial charge < -0.3 is 10.5 Å². The quantitative estimate of drug-likeness (QED) is 0.481. The maximum Gasteiger partial charge on any atom is 0.411 e. The number of hydrogen-bond acceptors (Lipinski definition) is 7. The van der Waals surface area contributed by atoms with E-state index < -0.39 is 15.9 Å². The summed E-state index contributed by atoms with van der Waals surface area (Å²) < 4.78 is 4.39. The minimum atomic E-state index is -0.608. The van der Waals surface area contributed by atoms with E-state index in [9.17, 15) is 25.0 Å². The highest BCUT2D eigenvalue weighted by molar-refractivity contribution is 5.84. The largest absolute Gasteiger partial charge is 0.453 e. The van der Waals surface area contributed by atoms with Crippen molar-refractivity contribution in [2.24, 2.45) is 0 Å². The summed E-state index contributed by atoms with van der Waals surface area (Å²) in [6, 6.07) is 8.80. The Morgan fingerprint density at radius 3 is 1.92 bits per heavy atom. The smallest absolute Gasteiger partial charge is 0.411 e. The zero-order chi connectivity index (χ0) is 19.9. The van der Waals surface area contributed by atoms with E-state index in [-0.39, 0.29) is 11.4 Å². The number of aryl methyl sites for hydroxylation is 2. The fraction of sp³-hybridized carbons (Fsp3) is 0.188. The highest BCUT2D eigenvalue weighted by Gasteiger charge is 2.11. The van der Waals surface area contributed by atoms with Crippen LogP contribution in [0.5, 0.6) is 0 Å². The van der Waals surface area contributed by atoms with Crippen LogP contribution in [0, 0.1) is 34.1 Å². The predicted octanol–water partition coefficient (Wildman–Crippen LogP) is 3.57. The Bertz CT molecular complexity index is 837. The minimum absolute atomic E-state index is 0.0189. The minimum Gasteiger partial charge on any atom is -0.453 e. The number of amides is 1. The molecule has 0 bridgehead atoms. The Hall–Kier alpha value is -3.69. The van der Waals surface area contributed by atoms with Crippen molar-refractivity contribution in [2.45, 2.75) is 13.8 Å². The van der Waals surface area contributed by atoms with E-state index in [0.717, 1.165) is 0 Å². The molecule has 0 aliphatic heterocycles. The van der Waals surface area contributed by atoms with Crippen LogP contribution >= 0.6 is 0 Å². The van der Waals surface area contributed by atoms with Crippen molar-refractivity contribution in [3.63, 3.8) is 0 Å². The number of nitrogens with two attached hydrogens (primary N) is 1. The van der Waals surface area contributed by atoms with Gasteiger partial charge in [0.2, 0.25) is 0 Å². The lowest BCUT2D eigenvalue weighted by Gasteiger charge is -2.04. The summed E-state index contributed by atoms with van der Waals surface area (Å²) in [6.07, 6.45) is -0.608. The number of nitrogens with one attached hydrogen (secondary N) is 1. The van der Waals surface area contributed by atoms with E-state index in [1.54, 1.807) is 19.9 Å². The molecule has 0 radical (unpaired) electrons. The molecule has 0 spiro atoms. The Morgan fingerprint density at radius 1 is 1.00 bits per heavy atom. The van der Waals surface area contributed by atoms with E-state index >= 15 is 0 Å². The normalized spacial score (nSPS) is 9.50. The molecule has 2 rings (SSSR count).